The lowest BCUT2D eigenvalue weighted by atomic mass is 10.1. The molecule has 2 aliphatic heterocycles. The molecule has 2 fully saturated rings. The number of benzene rings is 1. The van der Waals surface area contributed by atoms with Gasteiger partial charge in [0.25, 0.3) is 0 Å². The van der Waals surface area contributed by atoms with Gasteiger partial charge in [-0.15, -0.1) is 0 Å². The van der Waals surface area contributed by atoms with Crippen LogP contribution < -0.4 is 10.2 Å². The van der Waals surface area contributed by atoms with Gasteiger partial charge in [-0.1, -0.05) is 18.7 Å². The number of halogens is 3. The van der Waals surface area contributed by atoms with Crippen LogP contribution in [0.5, 0.6) is 0 Å². The average Bonchev–Trinajstić information content (AvgIpc) is 3.25. The summed E-state index contributed by atoms with van der Waals surface area (Å²) in [6, 6.07) is 4.54. The second kappa shape index (κ2) is 10.4. The molecule has 0 unspecified atom stereocenters. The van der Waals surface area contributed by atoms with Gasteiger partial charge >= 0.3 is 6.18 Å². The highest BCUT2D eigenvalue weighted by molar-refractivity contribution is 5.87. The molecule has 1 aromatic heterocycles. The molecule has 11 heteroatoms. The molecule has 1 aromatic carbocycles. The molecule has 8 nitrogen and oxygen atoms in total. The van der Waals surface area contributed by atoms with Gasteiger partial charge in [0.15, 0.2) is 0 Å². The van der Waals surface area contributed by atoms with Crippen LogP contribution in [-0.4, -0.2) is 72.3 Å². The van der Waals surface area contributed by atoms with Gasteiger partial charge in [0.2, 0.25) is 11.9 Å². The topological polar surface area (TPSA) is 79.8 Å². The van der Waals surface area contributed by atoms with Crippen molar-refractivity contribution in [1.82, 2.24) is 14.9 Å². The molecule has 2 aliphatic rings. The number of carbonyl (C=O) groups excluding carboxylic acids is 1. The van der Waals surface area contributed by atoms with Gasteiger partial charge in [0.05, 0.1) is 55.6 Å². The molecule has 34 heavy (non-hydrogen) atoms. The highest BCUT2D eigenvalue weighted by atomic mass is 19.4. The maximum atomic E-state index is 12.8. The van der Waals surface area contributed by atoms with E-state index in [1.807, 2.05) is 0 Å². The number of hydrogen-bond acceptors (Lipinski definition) is 7. The largest absolute Gasteiger partial charge is 0.416 e. The molecular formula is C23H26F3N5O3. The Bertz CT molecular complexity index is 979. The number of ether oxygens (including phenoxy) is 2. The summed E-state index contributed by atoms with van der Waals surface area (Å²) >= 11 is 0. The number of rotatable bonds is 7. The van der Waals surface area contributed by atoms with Crippen LogP contribution >= 0.6 is 0 Å². The van der Waals surface area contributed by atoms with E-state index in [2.05, 4.69) is 26.8 Å². The Labute approximate surface area is 195 Å². The van der Waals surface area contributed by atoms with Crippen molar-refractivity contribution in [2.75, 3.05) is 49.6 Å². The van der Waals surface area contributed by atoms with Gasteiger partial charge in [0, 0.05) is 26.2 Å². The third kappa shape index (κ3) is 5.84. The number of hydrogen-bond donors (Lipinski definition) is 1. The number of likely N-dealkylation sites (tertiary alicyclic amines) is 1. The Morgan fingerprint density at radius 2 is 1.85 bits per heavy atom. The molecule has 3 heterocycles. The lowest BCUT2D eigenvalue weighted by Gasteiger charge is -2.28. The lowest BCUT2D eigenvalue weighted by molar-refractivity contribution is -0.137. The molecule has 1 amide bonds. The first kappa shape index (κ1) is 24.0. The summed E-state index contributed by atoms with van der Waals surface area (Å²) in [7, 11) is 0. The zero-order valence-electron chi connectivity index (χ0n) is 18.5. The number of alkyl halides is 3. The van der Waals surface area contributed by atoms with Crippen molar-refractivity contribution < 1.29 is 27.4 Å². The summed E-state index contributed by atoms with van der Waals surface area (Å²) in [5, 5.41) is 3.23. The fourth-order valence-corrected chi connectivity index (χ4v) is 3.93. The Hall–Kier alpha value is -3.18. The molecule has 0 saturated carbocycles. The third-order valence-corrected chi connectivity index (χ3v) is 5.83. The summed E-state index contributed by atoms with van der Waals surface area (Å²) in [6.07, 6.45) is -0.0829. The summed E-state index contributed by atoms with van der Waals surface area (Å²) in [5.41, 5.74) is 0.794. The Kier molecular flexibility index (Phi) is 7.32. The van der Waals surface area contributed by atoms with Crippen LogP contribution in [-0.2, 0) is 27.1 Å². The molecule has 0 aliphatic carbocycles. The van der Waals surface area contributed by atoms with Crippen molar-refractivity contribution in [3.8, 4) is 0 Å². The first-order valence-corrected chi connectivity index (χ1v) is 10.9. The lowest BCUT2D eigenvalue weighted by Crippen LogP contribution is -2.37. The minimum Gasteiger partial charge on any atom is -0.378 e. The van der Waals surface area contributed by atoms with E-state index in [1.165, 1.54) is 18.2 Å². The predicted octanol–water partition coefficient (Wildman–Crippen LogP) is 2.73. The fraction of sp³-hybridized carbons (Fsp3) is 0.435. The van der Waals surface area contributed by atoms with Gasteiger partial charge in [-0.25, -0.2) is 9.97 Å². The monoisotopic (exact) mass is 477 g/mol. The summed E-state index contributed by atoms with van der Waals surface area (Å²) in [4.78, 5) is 24.7. The number of carbonyl (C=O) groups is 1. The quantitative estimate of drug-likeness (QED) is 0.615. The van der Waals surface area contributed by atoms with Crippen molar-refractivity contribution in [3.05, 3.63) is 60.4 Å². The summed E-state index contributed by atoms with van der Waals surface area (Å²) < 4.78 is 49.7. The van der Waals surface area contributed by atoms with Crippen molar-refractivity contribution in [2.45, 2.75) is 24.9 Å². The van der Waals surface area contributed by atoms with E-state index in [4.69, 9.17) is 9.47 Å². The zero-order valence-corrected chi connectivity index (χ0v) is 18.5. The van der Waals surface area contributed by atoms with E-state index >= 15 is 0 Å². The van der Waals surface area contributed by atoms with Crippen LogP contribution in [0.1, 0.15) is 11.1 Å². The van der Waals surface area contributed by atoms with E-state index < -0.39 is 17.8 Å². The van der Waals surface area contributed by atoms with Gasteiger partial charge in [-0.3, -0.25) is 4.79 Å². The van der Waals surface area contributed by atoms with Crippen LogP contribution in [0.25, 0.3) is 0 Å². The normalized spacial score (nSPS) is 20.9. The van der Waals surface area contributed by atoms with Crippen LogP contribution in [0.15, 0.2) is 49.3 Å². The second-order valence-electron chi connectivity index (χ2n) is 8.11. The summed E-state index contributed by atoms with van der Waals surface area (Å²) in [6.45, 7) is 7.18. The van der Waals surface area contributed by atoms with Crippen molar-refractivity contribution in [2.24, 2.45) is 0 Å². The van der Waals surface area contributed by atoms with E-state index in [9.17, 15) is 18.0 Å². The highest BCUT2D eigenvalue weighted by Gasteiger charge is 2.36. The van der Waals surface area contributed by atoms with Crippen LogP contribution in [0.3, 0.4) is 0 Å². The molecule has 1 N–H and O–H groups in total. The van der Waals surface area contributed by atoms with E-state index in [0.717, 1.165) is 30.9 Å². The minimum absolute atomic E-state index is 0.105. The van der Waals surface area contributed by atoms with Gasteiger partial charge < -0.3 is 24.6 Å². The first-order valence-electron chi connectivity index (χ1n) is 10.9. The highest BCUT2D eigenvalue weighted by Crippen LogP contribution is 2.29. The molecule has 0 radical (unpaired) electrons. The average molecular weight is 477 g/mol. The Morgan fingerprint density at radius 1 is 1.18 bits per heavy atom. The van der Waals surface area contributed by atoms with Crippen molar-refractivity contribution in [1.29, 1.82) is 0 Å². The van der Waals surface area contributed by atoms with E-state index in [-0.39, 0.29) is 18.6 Å². The van der Waals surface area contributed by atoms with Gasteiger partial charge in [-0.2, -0.15) is 13.2 Å². The Morgan fingerprint density at radius 3 is 2.47 bits per heavy atom. The fourth-order valence-electron chi connectivity index (χ4n) is 3.93. The number of nitrogens with one attached hydrogen (secondary N) is 1. The molecule has 2 atom stereocenters. The Balaban J connectivity index is 1.40. The van der Waals surface area contributed by atoms with Crippen LogP contribution in [0.2, 0.25) is 0 Å². The molecule has 4 rings (SSSR count). The maximum absolute atomic E-state index is 12.8. The molecule has 2 aromatic rings. The second-order valence-corrected chi connectivity index (χ2v) is 8.11. The predicted molar refractivity (Wildman–Crippen MR) is 119 cm³/mol. The van der Waals surface area contributed by atoms with Gasteiger partial charge in [0.1, 0.15) is 0 Å². The summed E-state index contributed by atoms with van der Waals surface area (Å²) in [5.74, 6) is 0.175. The molecule has 0 spiro atoms. The SMILES string of the molecule is C=CC(=O)N1C[C@@H](Nc2ncc(N3CCOCC3)cn2)[C@H](OCc2ccc(C(F)(F)F)cc2)C1. The number of aromatic nitrogens is 2. The van der Waals surface area contributed by atoms with Crippen LogP contribution in [0, 0.1) is 0 Å². The number of amides is 1. The van der Waals surface area contributed by atoms with Gasteiger partial charge in [-0.05, 0) is 23.8 Å². The first-order chi connectivity index (χ1) is 16.3. The molecule has 0 bridgehead atoms. The number of nitrogens with zero attached hydrogens (tertiary/aromatic N) is 4. The van der Waals surface area contributed by atoms with Crippen molar-refractivity contribution in [3.63, 3.8) is 0 Å². The van der Waals surface area contributed by atoms with E-state index in [1.54, 1.807) is 17.3 Å². The smallest absolute Gasteiger partial charge is 0.378 e. The van der Waals surface area contributed by atoms with E-state index in [0.29, 0.717) is 37.8 Å². The maximum Gasteiger partial charge on any atom is 0.416 e. The molecule has 182 valence electrons. The molecule has 2 saturated heterocycles. The molecular weight excluding hydrogens is 451 g/mol. The number of anilines is 2. The van der Waals surface area contributed by atoms with Crippen LogP contribution in [0.4, 0.5) is 24.8 Å². The zero-order chi connectivity index (χ0) is 24.1. The van der Waals surface area contributed by atoms with Crippen molar-refractivity contribution >= 4 is 17.5 Å². The standard InChI is InChI=1S/C23H26F3N5O3/c1-2-21(32)31-13-19(29-22-27-11-18(12-28-22)30-7-9-33-10-8-30)20(14-31)34-15-16-3-5-17(6-4-16)23(24,25)26/h2-6,11-12,19-20H,1,7-10,13-15H2,(H,27,28,29)/t19-,20-/m1/s1. The minimum atomic E-state index is -4.39. The number of morpholine rings is 1. The third-order valence-electron chi connectivity index (χ3n) is 5.83.